The number of aliphatic hydroxyl groups excluding tert-OH is 1. The van der Waals surface area contributed by atoms with Gasteiger partial charge in [0.2, 0.25) is 0 Å². The molecule has 1 aromatic carbocycles. The summed E-state index contributed by atoms with van der Waals surface area (Å²) < 4.78 is 11.6. The van der Waals surface area contributed by atoms with Crippen molar-refractivity contribution < 1.29 is 19.4 Å². The van der Waals surface area contributed by atoms with E-state index in [4.69, 9.17) is 14.6 Å². The molecule has 140 valence electrons. The van der Waals surface area contributed by atoms with Gasteiger partial charge in [0, 0.05) is 17.4 Å². The number of esters is 1. The first-order chi connectivity index (χ1) is 12.5. The molecule has 3 rings (SSSR count). The number of aliphatic hydroxyl groups is 1. The van der Waals surface area contributed by atoms with E-state index in [1.165, 1.54) is 5.57 Å². The van der Waals surface area contributed by atoms with E-state index in [0.717, 1.165) is 61.2 Å². The van der Waals surface area contributed by atoms with E-state index in [1.807, 2.05) is 6.07 Å². The molecule has 2 atom stereocenters. The van der Waals surface area contributed by atoms with Crippen LogP contribution < -0.4 is 9.47 Å². The molecule has 0 aromatic heterocycles. The van der Waals surface area contributed by atoms with Crippen LogP contribution in [0.5, 0.6) is 11.5 Å². The predicted molar refractivity (Wildman–Crippen MR) is 101 cm³/mol. The molecule has 1 aliphatic heterocycles. The van der Waals surface area contributed by atoms with Crippen LogP contribution in [-0.4, -0.2) is 17.7 Å². The molecule has 2 aliphatic rings. The third kappa shape index (κ3) is 3.85. The normalized spacial score (nSPS) is 21.3. The molecule has 0 saturated carbocycles. The lowest BCUT2D eigenvalue weighted by molar-refractivity contribution is -0.137. The number of carbonyl (C=O) groups excluding carboxylic acids is 1. The summed E-state index contributed by atoms with van der Waals surface area (Å²) in [5.41, 5.74) is 3.32. The van der Waals surface area contributed by atoms with Crippen LogP contribution in [0.4, 0.5) is 0 Å². The zero-order valence-electron chi connectivity index (χ0n) is 15.7. The lowest BCUT2D eigenvalue weighted by Gasteiger charge is -2.37. The van der Waals surface area contributed by atoms with Crippen molar-refractivity contribution in [3.8, 4) is 11.5 Å². The summed E-state index contributed by atoms with van der Waals surface area (Å²) in [6, 6.07) is 3.99. The van der Waals surface area contributed by atoms with Crippen molar-refractivity contribution in [3.05, 3.63) is 47.2 Å². The first kappa shape index (κ1) is 18.7. The SMILES string of the molecule is C=C1Oc2cc(CCCCC)cc(OC(=O)CO)c2[C@@H]2C=C(C)CC[C@@H]12. The number of aryl methyl sites for hydroxylation is 1. The van der Waals surface area contributed by atoms with E-state index >= 15 is 0 Å². The van der Waals surface area contributed by atoms with Gasteiger partial charge in [-0.25, -0.2) is 4.79 Å². The number of hydrogen-bond acceptors (Lipinski definition) is 4. The van der Waals surface area contributed by atoms with Crippen LogP contribution in [0.3, 0.4) is 0 Å². The molecular formula is C22H28O4. The van der Waals surface area contributed by atoms with E-state index in [-0.39, 0.29) is 11.8 Å². The van der Waals surface area contributed by atoms with Crippen molar-refractivity contribution >= 4 is 5.97 Å². The maximum Gasteiger partial charge on any atom is 0.337 e. The van der Waals surface area contributed by atoms with Crippen molar-refractivity contribution in [2.45, 2.75) is 58.3 Å². The van der Waals surface area contributed by atoms with Gasteiger partial charge in [-0.3, -0.25) is 0 Å². The minimum absolute atomic E-state index is 0.103. The number of ether oxygens (including phenoxy) is 2. The summed E-state index contributed by atoms with van der Waals surface area (Å²) in [7, 11) is 0. The van der Waals surface area contributed by atoms with Crippen LogP contribution in [0.15, 0.2) is 36.1 Å². The number of hydrogen-bond donors (Lipinski definition) is 1. The topological polar surface area (TPSA) is 55.8 Å². The number of rotatable bonds is 6. The smallest absolute Gasteiger partial charge is 0.337 e. The lowest BCUT2D eigenvalue weighted by atomic mass is 9.74. The largest absolute Gasteiger partial charge is 0.462 e. The minimum Gasteiger partial charge on any atom is -0.462 e. The van der Waals surface area contributed by atoms with Crippen molar-refractivity contribution in [3.63, 3.8) is 0 Å². The summed E-state index contributed by atoms with van der Waals surface area (Å²) in [6.07, 6.45) is 8.55. The lowest BCUT2D eigenvalue weighted by Crippen LogP contribution is -2.26. The minimum atomic E-state index is -0.643. The van der Waals surface area contributed by atoms with E-state index < -0.39 is 12.6 Å². The fourth-order valence-electron chi connectivity index (χ4n) is 3.96. The molecule has 1 aromatic rings. The Morgan fingerprint density at radius 2 is 2.19 bits per heavy atom. The maximum absolute atomic E-state index is 11.8. The maximum atomic E-state index is 11.8. The van der Waals surface area contributed by atoms with Gasteiger partial charge in [-0.2, -0.15) is 0 Å². The highest BCUT2D eigenvalue weighted by Crippen LogP contribution is 2.51. The standard InChI is InChI=1S/C22H28O4/c1-4-5-6-7-16-11-19-22(20(12-16)26-21(24)13-23)18-10-14(2)8-9-17(18)15(3)25-19/h10-12,17-18,23H,3-9,13H2,1-2H3/t17-,18+/m0/s1. The third-order valence-electron chi connectivity index (χ3n) is 5.32. The average molecular weight is 356 g/mol. The molecule has 1 aliphatic carbocycles. The second kappa shape index (κ2) is 8.09. The van der Waals surface area contributed by atoms with Crippen LogP contribution in [0.25, 0.3) is 0 Å². The molecule has 0 spiro atoms. The summed E-state index contributed by atoms with van der Waals surface area (Å²) in [4.78, 5) is 11.8. The van der Waals surface area contributed by atoms with Gasteiger partial charge in [0.05, 0.1) is 0 Å². The Bertz CT molecular complexity index is 732. The van der Waals surface area contributed by atoms with Gasteiger partial charge in [0.1, 0.15) is 23.9 Å². The van der Waals surface area contributed by atoms with Crippen LogP contribution in [0.2, 0.25) is 0 Å². The molecule has 0 bridgehead atoms. The molecule has 26 heavy (non-hydrogen) atoms. The first-order valence-corrected chi connectivity index (χ1v) is 9.55. The fourth-order valence-corrected chi connectivity index (χ4v) is 3.96. The molecule has 4 nitrogen and oxygen atoms in total. The fraction of sp³-hybridized carbons (Fsp3) is 0.500. The van der Waals surface area contributed by atoms with Gasteiger partial charge in [-0.15, -0.1) is 0 Å². The number of allylic oxidation sites excluding steroid dienone is 3. The van der Waals surface area contributed by atoms with E-state index in [9.17, 15) is 4.79 Å². The molecule has 0 unspecified atom stereocenters. The van der Waals surface area contributed by atoms with Gasteiger partial charge in [0.25, 0.3) is 0 Å². The number of carbonyl (C=O) groups is 1. The van der Waals surface area contributed by atoms with Crippen LogP contribution in [0.1, 0.15) is 63.0 Å². The molecule has 1 N–H and O–H groups in total. The van der Waals surface area contributed by atoms with Gasteiger partial charge in [-0.05, 0) is 50.3 Å². The second-order valence-electron chi connectivity index (χ2n) is 7.35. The Morgan fingerprint density at radius 1 is 1.38 bits per heavy atom. The Balaban J connectivity index is 2.04. The van der Waals surface area contributed by atoms with E-state index in [1.54, 1.807) is 0 Å². The Kier molecular flexibility index (Phi) is 5.82. The number of benzene rings is 1. The van der Waals surface area contributed by atoms with Gasteiger partial charge < -0.3 is 14.6 Å². The Hall–Kier alpha value is -2.07. The third-order valence-corrected chi connectivity index (χ3v) is 5.32. The zero-order chi connectivity index (χ0) is 18.7. The van der Waals surface area contributed by atoms with Gasteiger partial charge >= 0.3 is 5.97 Å². The quantitative estimate of drug-likeness (QED) is 0.348. The predicted octanol–water partition coefficient (Wildman–Crippen LogP) is 4.66. The molecule has 0 fully saturated rings. The molecular weight excluding hydrogens is 328 g/mol. The summed E-state index contributed by atoms with van der Waals surface area (Å²) in [6.45, 7) is 7.81. The van der Waals surface area contributed by atoms with Crippen molar-refractivity contribution in [2.75, 3.05) is 6.61 Å². The highest BCUT2D eigenvalue weighted by atomic mass is 16.5. The van der Waals surface area contributed by atoms with Crippen LogP contribution in [0, 0.1) is 5.92 Å². The molecule has 4 heteroatoms. The molecule has 0 saturated heterocycles. The molecule has 1 heterocycles. The average Bonchev–Trinajstić information content (AvgIpc) is 2.61. The van der Waals surface area contributed by atoms with Crippen LogP contribution in [-0.2, 0) is 11.2 Å². The second-order valence-corrected chi connectivity index (χ2v) is 7.35. The first-order valence-electron chi connectivity index (χ1n) is 9.55. The van der Waals surface area contributed by atoms with Gasteiger partial charge in [-0.1, -0.05) is 38.0 Å². The van der Waals surface area contributed by atoms with E-state index in [0.29, 0.717) is 5.75 Å². The Morgan fingerprint density at radius 3 is 2.92 bits per heavy atom. The molecule has 0 amide bonds. The Labute approximate surface area is 155 Å². The monoisotopic (exact) mass is 356 g/mol. The van der Waals surface area contributed by atoms with Crippen molar-refractivity contribution in [1.29, 1.82) is 0 Å². The van der Waals surface area contributed by atoms with Gasteiger partial charge in [0.15, 0.2) is 0 Å². The van der Waals surface area contributed by atoms with Crippen molar-refractivity contribution in [1.82, 2.24) is 0 Å². The highest BCUT2D eigenvalue weighted by molar-refractivity contribution is 5.74. The zero-order valence-corrected chi connectivity index (χ0v) is 15.7. The molecule has 0 radical (unpaired) electrons. The van der Waals surface area contributed by atoms with Crippen molar-refractivity contribution in [2.24, 2.45) is 5.92 Å². The number of unbranched alkanes of at least 4 members (excludes halogenated alkanes) is 2. The van der Waals surface area contributed by atoms with Crippen LogP contribution >= 0.6 is 0 Å². The highest BCUT2D eigenvalue weighted by Gasteiger charge is 2.37. The summed E-state index contributed by atoms with van der Waals surface area (Å²) in [5, 5.41) is 9.13. The summed E-state index contributed by atoms with van der Waals surface area (Å²) in [5.74, 6) is 1.69. The van der Waals surface area contributed by atoms with E-state index in [2.05, 4.69) is 32.6 Å². The summed E-state index contributed by atoms with van der Waals surface area (Å²) >= 11 is 0. The number of fused-ring (bicyclic) bond motifs is 3.